The van der Waals surface area contributed by atoms with Crippen LogP contribution < -0.4 is 5.32 Å². The molecule has 3 N–H and O–H groups in total. The second-order valence-corrected chi connectivity index (χ2v) is 7.91. The number of hydrogen-bond acceptors (Lipinski definition) is 8. The van der Waals surface area contributed by atoms with Crippen LogP contribution in [0, 0.1) is 0 Å². The summed E-state index contributed by atoms with van der Waals surface area (Å²) in [6, 6.07) is 15.8. The first-order chi connectivity index (χ1) is 15.9. The Morgan fingerprint density at radius 2 is 1.67 bits per heavy atom. The lowest BCUT2D eigenvalue weighted by atomic mass is 9.94. The van der Waals surface area contributed by atoms with E-state index in [2.05, 4.69) is 20.3 Å². The molecule has 2 aliphatic rings. The van der Waals surface area contributed by atoms with Gasteiger partial charge in [0.2, 0.25) is 11.5 Å². The molecule has 1 saturated heterocycles. The Morgan fingerprint density at radius 1 is 1.06 bits per heavy atom. The first-order valence-corrected chi connectivity index (χ1v) is 10.1. The van der Waals surface area contributed by atoms with Gasteiger partial charge in [-0.15, -0.1) is 0 Å². The van der Waals surface area contributed by atoms with Crippen LogP contribution in [0.4, 0.5) is 10.6 Å². The molecule has 11 nitrogen and oxygen atoms in total. The number of β-amino-alcohol motifs (C(OH)–C–C–N with tert-alkyl or cyclic N) is 1. The fraction of sp³-hybridized carbons (Fsp3) is 0.227. The molecule has 0 saturated carbocycles. The van der Waals surface area contributed by atoms with E-state index < -0.39 is 36.7 Å². The third-order valence-electron chi connectivity index (χ3n) is 5.85. The van der Waals surface area contributed by atoms with E-state index in [1.54, 1.807) is 0 Å². The summed E-state index contributed by atoms with van der Waals surface area (Å²) in [6.07, 6.45) is -0.854. The largest absolute Gasteiger partial charge is 0.479 e. The van der Waals surface area contributed by atoms with Crippen molar-refractivity contribution in [3.63, 3.8) is 0 Å². The van der Waals surface area contributed by atoms with Crippen molar-refractivity contribution in [1.82, 2.24) is 15.2 Å². The lowest BCUT2D eigenvalue weighted by Gasteiger charge is -2.42. The minimum Gasteiger partial charge on any atom is -0.479 e. The Hall–Kier alpha value is -4.25. The second kappa shape index (κ2) is 7.71. The Kier molecular flexibility index (Phi) is 4.82. The molecule has 168 valence electrons. The number of aliphatic carboxylic acids is 1. The molecule has 0 atom stereocenters. The van der Waals surface area contributed by atoms with Gasteiger partial charge in [-0.05, 0) is 32.6 Å². The fourth-order valence-electron chi connectivity index (χ4n) is 4.16. The number of nitrogens with one attached hydrogen (secondary N) is 1. The first kappa shape index (κ1) is 20.6. The average Bonchev–Trinajstić information content (AvgIpc) is 3.37. The zero-order chi connectivity index (χ0) is 23.2. The number of nitrogens with zero attached hydrogens (tertiary/aromatic N) is 3. The lowest BCUT2D eigenvalue weighted by molar-refractivity contribution is -0.173. The minimum absolute atomic E-state index is 0.0617. The number of hydrogen-bond donors (Lipinski definition) is 3. The number of carboxylic acid groups (broad SMARTS) is 1. The molecule has 3 aromatic rings. The molecule has 33 heavy (non-hydrogen) atoms. The van der Waals surface area contributed by atoms with Gasteiger partial charge < -0.3 is 19.8 Å². The van der Waals surface area contributed by atoms with Crippen molar-refractivity contribution in [2.75, 3.05) is 25.0 Å². The smallest absolute Gasteiger partial charge is 0.412 e. The summed E-state index contributed by atoms with van der Waals surface area (Å²) in [5.74, 6) is -2.57. The third-order valence-corrected chi connectivity index (χ3v) is 5.85. The number of fused-ring (bicyclic) bond motifs is 3. The van der Waals surface area contributed by atoms with Gasteiger partial charge >= 0.3 is 12.1 Å². The normalized spacial score (nSPS) is 15.8. The summed E-state index contributed by atoms with van der Waals surface area (Å²) >= 11 is 0. The van der Waals surface area contributed by atoms with Gasteiger partial charge in [0.25, 0.3) is 5.91 Å². The SMILES string of the molecule is O=C(Nc1nonc1C(=O)N1CC(O)(C(=O)O)C1)OCC1c2ccccc2-c2ccccc21. The molecule has 2 heterocycles. The number of carboxylic acids is 1. The van der Waals surface area contributed by atoms with Crippen LogP contribution in [0.3, 0.4) is 0 Å². The molecule has 1 fully saturated rings. The van der Waals surface area contributed by atoms with Gasteiger partial charge in [-0.2, -0.15) is 0 Å². The highest BCUT2D eigenvalue weighted by molar-refractivity contribution is 6.01. The van der Waals surface area contributed by atoms with Crippen molar-refractivity contribution in [2.45, 2.75) is 11.5 Å². The van der Waals surface area contributed by atoms with E-state index in [1.807, 2.05) is 48.5 Å². The number of aliphatic hydroxyl groups is 1. The van der Waals surface area contributed by atoms with Crippen molar-refractivity contribution in [2.24, 2.45) is 0 Å². The lowest BCUT2D eigenvalue weighted by Crippen LogP contribution is -2.67. The van der Waals surface area contributed by atoms with Crippen LogP contribution in [0.15, 0.2) is 53.2 Å². The number of anilines is 1. The van der Waals surface area contributed by atoms with Gasteiger partial charge in [0, 0.05) is 5.92 Å². The van der Waals surface area contributed by atoms with Crippen molar-refractivity contribution in [3.8, 4) is 11.1 Å². The predicted octanol–water partition coefficient (Wildman–Crippen LogP) is 1.70. The molecule has 1 aliphatic carbocycles. The summed E-state index contributed by atoms with van der Waals surface area (Å²) in [5.41, 5.74) is 1.95. The Morgan fingerprint density at radius 3 is 2.27 bits per heavy atom. The van der Waals surface area contributed by atoms with E-state index in [4.69, 9.17) is 9.84 Å². The molecule has 0 spiro atoms. The van der Waals surface area contributed by atoms with E-state index in [1.165, 1.54) is 0 Å². The minimum atomic E-state index is -2.01. The summed E-state index contributed by atoms with van der Waals surface area (Å²) < 4.78 is 9.97. The molecule has 0 bridgehead atoms. The number of carbonyl (C=O) groups is 3. The molecule has 5 rings (SSSR count). The Labute approximate surface area is 186 Å². The number of rotatable bonds is 5. The number of likely N-dealkylation sites (tertiary alicyclic amines) is 1. The molecule has 2 amide bonds. The van der Waals surface area contributed by atoms with Crippen molar-refractivity contribution >= 4 is 23.8 Å². The first-order valence-electron chi connectivity index (χ1n) is 10.1. The maximum absolute atomic E-state index is 12.5. The molecule has 0 radical (unpaired) electrons. The highest BCUT2D eigenvalue weighted by Gasteiger charge is 2.51. The number of aromatic nitrogens is 2. The molecule has 0 unspecified atom stereocenters. The van der Waals surface area contributed by atoms with Crippen molar-refractivity contribution in [1.29, 1.82) is 0 Å². The van der Waals surface area contributed by atoms with Gasteiger partial charge in [0.05, 0.1) is 13.1 Å². The second-order valence-electron chi connectivity index (χ2n) is 7.91. The van der Waals surface area contributed by atoms with Crippen LogP contribution in [0.25, 0.3) is 11.1 Å². The molecule has 2 aromatic carbocycles. The van der Waals surface area contributed by atoms with Crippen LogP contribution in [-0.2, 0) is 9.53 Å². The zero-order valence-electron chi connectivity index (χ0n) is 17.1. The quantitative estimate of drug-likeness (QED) is 0.527. The monoisotopic (exact) mass is 450 g/mol. The van der Waals surface area contributed by atoms with Crippen molar-refractivity contribution in [3.05, 3.63) is 65.4 Å². The maximum Gasteiger partial charge on any atom is 0.412 e. The van der Waals surface area contributed by atoms with Gasteiger partial charge in [-0.25, -0.2) is 14.2 Å². The van der Waals surface area contributed by atoms with Crippen LogP contribution in [0.1, 0.15) is 27.5 Å². The van der Waals surface area contributed by atoms with Gasteiger partial charge in [-0.3, -0.25) is 10.1 Å². The number of amides is 2. The van der Waals surface area contributed by atoms with Gasteiger partial charge in [0.15, 0.2) is 5.60 Å². The molecule has 11 heteroatoms. The number of ether oxygens (including phenoxy) is 1. The Balaban J connectivity index is 1.24. The number of benzene rings is 2. The van der Waals surface area contributed by atoms with E-state index in [-0.39, 0.29) is 24.0 Å². The van der Waals surface area contributed by atoms with Crippen LogP contribution in [0.2, 0.25) is 0 Å². The standard InChI is InChI=1S/C22H18N4O7/c27-19(26-10-22(31,11-26)20(28)29)17-18(25-33-24-17)23-21(30)32-9-16-14-7-3-1-5-12(14)13-6-2-4-8-15(13)16/h1-8,16,31H,9-11H2,(H,28,29)(H,23,25,30). The molecule has 1 aromatic heterocycles. The highest BCUT2D eigenvalue weighted by Crippen LogP contribution is 2.44. The highest BCUT2D eigenvalue weighted by atomic mass is 16.6. The average molecular weight is 450 g/mol. The predicted molar refractivity (Wildman–Crippen MR) is 111 cm³/mol. The number of carbonyl (C=O) groups excluding carboxylic acids is 2. The maximum atomic E-state index is 12.5. The van der Waals surface area contributed by atoms with E-state index in [0.717, 1.165) is 27.2 Å². The summed E-state index contributed by atoms with van der Waals surface area (Å²) in [5, 5.41) is 28.1. The fourth-order valence-corrected chi connectivity index (χ4v) is 4.16. The summed E-state index contributed by atoms with van der Waals surface area (Å²) in [6.45, 7) is -0.775. The van der Waals surface area contributed by atoms with E-state index in [0.29, 0.717) is 0 Å². The third kappa shape index (κ3) is 3.48. The zero-order valence-corrected chi connectivity index (χ0v) is 17.1. The topological polar surface area (TPSA) is 155 Å². The van der Waals surface area contributed by atoms with Crippen LogP contribution in [-0.4, -0.2) is 68.7 Å². The van der Waals surface area contributed by atoms with Gasteiger partial charge in [0.1, 0.15) is 6.61 Å². The molecular formula is C22H18N4O7. The summed E-state index contributed by atoms with van der Waals surface area (Å²) in [4.78, 5) is 37.0. The van der Waals surface area contributed by atoms with E-state index in [9.17, 15) is 19.5 Å². The van der Waals surface area contributed by atoms with Crippen molar-refractivity contribution < 1.29 is 34.0 Å². The van der Waals surface area contributed by atoms with Crippen LogP contribution in [0.5, 0.6) is 0 Å². The Bertz CT molecular complexity index is 1220. The molecular weight excluding hydrogens is 432 g/mol. The molecule has 1 aliphatic heterocycles. The van der Waals surface area contributed by atoms with E-state index >= 15 is 0 Å². The van der Waals surface area contributed by atoms with Crippen LogP contribution >= 0.6 is 0 Å². The summed E-state index contributed by atoms with van der Waals surface area (Å²) in [7, 11) is 0. The van der Waals surface area contributed by atoms with Gasteiger partial charge in [-0.1, -0.05) is 48.5 Å².